The molecular formula is C32H36N4O8. The third-order valence-corrected chi connectivity index (χ3v) is 8.96. The van der Waals surface area contributed by atoms with Crippen molar-refractivity contribution in [3.8, 4) is 0 Å². The van der Waals surface area contributed by atoms with Crippen LogP contribution in [-0.4, -0.2) is 84.6 Å². The summed E-state index contributed by atoms with van der Waals surface area (Å²) >= 11 is 0. The predicted octanol–water partition coefficient (Wildman–Crippen LogP) is 2.90. The van der Waals surface area contributed by atoms with Gasteiger partial charge < -0.3 is 29.5 Å². The van der Waals surface area contributed by atoms with Crippen LogP contribution in [-0.2, 0) is 31.2 Å². The molecule has 3 fully saturated rings. The molecule has 2 aromatic carbocycles. The first-order valence-corrected chi connectivity index (χ1v) is 15.0. The Balaban J connectivity index is 1.27. The van der Waals surface area contributed by atoms with E-state index in [2.05, 4.69) is 0 Å². The molecule has 3 atom stereocenters. The summed E-state index contributed by atoms with van der Waals surface area (Å²) in [6.07, 6.45) is 4.14. The van der Waals surface area contributed by atoms with E-state index in [1.54, 1.807) is 54.3 Å². The van der Waals surface area contributed by atoms with Crippen molar-refractivity contribution in [2.45, 2.75) is 44.4 Å². The number of carbonyl (C=O) groups is 4. The molecule has 0 bridgehead atoms. The smallest absolute Gasteiger partial charge is 0.414 e. The monoisotopic (exact) mass is 604 g/mol. The number of carbonyl (C=O) groups excluding carboxylic acids is 4. The number of nitrogens with zero attached hydrogens (tertiary/aromatic N) is 4. The van der Waals surface area contributed by atoms with E-state index in [0.717, 1.165) is 18.4 Å². The van der Waals surface area contributed by atoms with Crippen LogP contribution in [0.25, 0.3) is 0 Å². The van der Waals surface area contributed by atoms with Crippen LogP contribution >= 0.6 is 0 Å². The number of benzene rings is 2. The summed E-state index contributed by atoms with van der Waals surface area (Å²) in [7, 11) is 0. The third-order valence-electron chi connectivity index (χ3n) is 8.96. The second kappa shape index (κ2) is 11.9. The number of hydrogen-bond acceptors (Lipinski definition) is 8. The number of fused-ring (bicyclic) bond motifs is 1. The zero-order chi connectivity index (χ0) is 31.0. The topological polar surface area (TPSA) is 140 Å². The highest BCUT2D eigenvalue weighted by molar-refractivity contribution is 6.08. The van der Waals surface area contributed by atoms with Gasteiger partial charge in [-0.1, -0.05) is 31.2 Å². The normalized spacial score (nSPS) is 24.0. The summed E-state index contributed by atoms with van der Waals surface area (Å²) in [6.45, 7) is 3.81. The first-order chi connectivity index (χ1) is 21.2. The van der Waals surface area contributed by atoms with E-state index in [4.69, 9.17) is 9.47 Å². The minimum atomic E-state index is -1.96. The van der Waals surface area contributed by atoms with E-state index >= 15 is 0 Å². The van der Waals surface area contributed by atoms with Gasteiger partial charge in [0.25, 0.3) is 5.91 Å². The summed E-state index contributed by atoms with van der Waals surface area (Å²) in [5, 5.41) is 21.8. The highest BCUT2D eigenvalue weighted by atomic mass is 16.6. The van der Waals surface area contributed by atoms with E-state index in [-0.39, 0.29) is 38.1 Å². The van der Waals surface area contributed by atoms with E-state index in [1.165, 1.54) is 14.7 Å². The average Bonchev–Trinajstić information content (AvgIpc) is 3.82. The minimum Gasteiger partial charge on any atom is -0.447 e. The van der Waals surface area contributed by atoms with Crippen molar-refractivity contribution in [2.75, 3.05) is 54.2 Å². The van der Waals surface area contributed by atoms with Crippen LogP contribution in [0, 0.1) is 5.92 Å². The number of aliphatic hydroxyl groups excluding tert-OH is 1. The number of aliphatic hydroxyl groups is 2. The molecule has 6 rings (SSSR count). The number of hydrogen-bond donors (Lipinski definition) is 2. The molecule has 2 aromatic rings. The summed E-state index contributed by atoms with van der Waals surface area (Å²) in [5.41, 5.74) is 0.900. The third kappa shape index (κ3) is 5.17. The molecule has 232 valence electrons. The van der Waals surface area contributed by atoms with Crippen LogP contribution in [0.4, 0.5) is 26.7 Å². The number of anilines is 3. The zero-order valence-corrected chi connectivity index (χ0v) is 24.6. The van der Waals surface area contributed by atoms with Gasteiger partial charge >= 0.3 is 12.2 Å². The predicted molar refractivity (Wildman–Crippen MR) is 160 cm³/mol. The molecule has 0 radical (unpaired) electrons. The Hall–Kier alpha value is -4.42. The number of likely N-dealkylation sites (tertiary alicyclic amines) is 1. The molecule has 4 aliphatic rings. The van der Waals surface area contributed by atoms with Crippen molar-refractivity contribution in [3.63, 3.8) is 0 Å². The molecule has 0 saturated carbocycles. The van der Waals surface area contributed by atoms with Gasteiger partial charge in [0.15, 0.2) is 5.60 Å². The molecule has 2 N–H and O–H groups in total. The summed E-state index contributed by atoms with van der Waals surface area (Å²) in [5.74, 6) is -1.36. The van der Waals surface area contributed by atoms with Crippen LogP contribution < -0.4 is 14.7 Å². The Morgan fingerprint density at radius 2 is 1.66 bits per heavy atom. The summed E-state index contributed by atoms with van der Waals surface area (Å²) in [4.78, 5) is 57.4. The Kier molecular flexibility index (Phi) is 8.04. The van der Waals surface area contributed by atoms with Gasteiger partial charge in [0.2, 0.25) is 5.91 Å². The van der Waals surface area contributed by atoms with E-state index in [9.17, 15) is 29.4 Å². The fourth-order valence-electron chi connectivity index (χ4n) is 6.46. The highest BCUT2D eigenvalue weighted by Crippen LogP contribution is 2.47. The van der Waals surface area contributed by atoms with Gasteiger partial charge in [-0.3, -0.25) is 19.4 Å². The lowest BCUT2D eigenvalue weighted by Crippen LogP contribution is -2.44. The molecule has 4 aliphatic heterocycles. The first kappa shape index (κ1) is 29.6. The van der Waals surface area contributed by atoms with Gasteiger partial charge in [-0.05, 0) is 48.7 Å². The lowest BCUT2D eigenvalue weighted by atomic mass is 9.82. The Bertz CT molecular complexity index is 1490. The van der Waals surface area contributed by atoms with E-state index < -0.39 is 29.6 Å². The largest absolute Gasteiger partial charge is 0.447 e. The number of amides is 4. The summed E-state index contributed by atoms with van der Waals surface area (Å²) < 4.78 is 10.1. The average molecular weight is 605 g/mol. The van der Waals surface area contributed by atoms with E-state index in [1.807, 2.05) is 12.1 Å². The molecule has 0 spiro atoms. The molecule has 12 nitrogen and oxygen atoms in total. The molecule has 0 aromatic heterocycles. The van der Waals surface area contributed by atoms with Crippen molar-refractivity contribution in [3.05, 3.63) is 65.7 Å². The standard InChI is InChI=1S/C32H36N4O8/c1-21(4-2-6-28(38)33-13-3-5-25(33)20-37)32(42)26-18-24(35-15-17-44-31(35)41)11-12-27(26)36(29(32)39)19-22-7-9-23(10-8-22)34-14-16-43-30(34)40/h2,4,7-12,18,21,25,37,42H,3,5-6,13-17,19-20H2,1H3/b4-2+/t21-,25-,32+/m0/s1. The van der Waals surface area contributed by atoms with Crippen molar-refractivity contribution in [2.24, 2.45) is 5.92 Å². The van der Waals surface area contributed by atoms with Gasteiger partial charge in [-0.15, -0.1) is 0 Å². The van der Waals surface area contributed by atoms with Crippen LogP contribution in [0.5, 0.6) is 0 Å². The maximum atomic E-state index is 14.1. The van der Waals surface area contributed by atoms with Crippen LogP contribution in [0.15, 0.2) is 54.6 Å². The van der Waals surface area contributed by atoms with Crippen molar-refractivity contribution in [1.29, 1.82) is 0 Å². The van der Waals surface area contributed by atoms with Gasteiger partial charge in [-0.25, -0.2) is 9.59 Å². The Labute approximate surface area is 255 Å². The number of ether oxygens (including phenoxy) is 2. The molecule has 44 heavy (non-hydrogen) atoms. The zero-order valence-electron chi connectivity index (χ0n) is 24.6. The Morgan fingerprint density at radius 3 is 2.30 bits per heavy atom. The Morgan fingerprint density at radius 1 is 1.00 bits per heavy atom. The number of rotatable bonds is 9. The molecule has 4 amide bonds. The van der Waals surface area contributed by atoms with Gasteiger partial charge in [0.1, 0.15) is 13.2 Å². The molecule has 4 heterocycles. The van der Waals surface area contributed by atoms with Crippen LogP contribution in [0.3, 0.4) is 0 Å². The minimum absolute atomic E-state index is 0.0762. The van der Waals surface area contributed by atoms with Gasteiger partial charge in [-0.2, -0.15) is 0 Å². The van der Waals surface area contributed by atoms with Crippen LogP contribution in [0.1, 0.15) is 37.3 Å². The molecule has 3 saturated heterocycles. The second-order valence-corrected chi connectivity index (χ2v) is 11.5. The molecule has 0 unspecified atom stereocenters. The number of cyclic esters (lactones) is 2. The second-order valence-electron chi connectivity index (χ2n) is 11.5. The summed E-state index contributed by atoms with van der Waals surface area (Å²) in [6, 6.07) is 12.2. The maximum absolute atomic E-state index is 14.1. The van der Waals surface area contributed by atoms with Crippen molar-refractivity contribution < 1.29 is 38.9 Å². The fourth-order valence-corrected chi connectivity index (χ4v) is 6.46. The molecule has 12 heteroatoms. The van der Waals surface area contributed by atoms with E-state index in [0.29, 0.717) is 48.9 Å². The molecule has 0 aliphatic carbocycles. The van der Waals surface area contributed by atoms with Crippen LogP contribution in [0.2, 0.25) is 0 Å². The highest BCUT2D eigenvalue weighted by Gasteiger charge is 2.53. The van der Waals surface area contributed by atoms with Crippen molar-refractivity contribution >= 4 is 41.1 Å². The lowest BCUT2D eigenvalue weighted by molar-refractivity contribution is -0.139. The quantitative estimate of drug-likeness (QED) is 0.417. The maximum Gasteiger partial charge on any atom is 0.414 e. The first-order valence-electron chi connectivity index (χ1n) is 15.0. The lowest BCUT2D eigenvalue weighted by Gasteiger charge is -2.28. The van der Waals surface area contributed by atoms with Gasteiger partial charge in [0, 0.05) is 35.8 Å². The van der Waals surface area contributed by atoms with Crippen molar-refractivity contribution in [1.82, 2.24) is 4.90 Å². The van der Waals surface area contributed by atoms with Gasteiger partial charge in [0.05, 0.1) is 38.0 Å². The fraction of sp³-hybridized carbons (Fsp3) is 0.438. The molecular weight excluding hydrogens is 568 g/mol. The SMILES string of the molecule is C[C@@H](/C=C/CC(=O)N1CCC[C@H]1CO)[C@]1(O)C(=O)N(Cc2ccc(N3CCOC3=O)cc2)c2ccc(N3CCOC3=O)cc21.